The molecule has 0 spiro atoms. The maximum absolute atomic E-state index is 5.99. The fourth-order valence-electron chi connectivity index (χ4n) is 3.09. The highest BCUT2D eigenvalue weighted by molar-refractivity contribution is 5.70. The van der Waals surface area contributed by atoms with Gasteiger partial charge >= 0.3 is 0 Å². The van der Waals surface area contributed by atoms with E-state index in [0.717, 1.165) is 49.1 Å². The number of hydrogen-bond acceptors (Lipinski definition) is 3. The van der Waals surface area contributed by atoms with Crippen molar-refractivity contribution in [1.29, 1.82) is 0 Å². The lowest BCUT2D eigenvalue weighted by atomic mass is 9.87. The number of rotatable bonds is 4. The first-order valence-corrected chi connectivity index (χ1v) is 7.58. The number of aromatic nitrogens is 2. The van der Waals surface area contributed by atoms with E-state index in [1.54, 1.807) is 0 Å². The molecule has 2 heterocycles. The molecule has 4 nitrogen and oxygen atoms in total. The normalized spacial score (nSPS) is 18.8. The van der Waals surface area contributed by atoms with E-state index in [1.807, 2.05) is 12.4 Å². The zero-order valence-electron chi connectivity index (χ0n) is 12.5. The predicted molar refractivity (Wildman–Crippen MR) is 84.9 cm³/mol. The third-order valence-corrected chi connectivity index (χ3v) is 4.12. The monoisotopic (exact) mass is 283 g/mol. The van der Waals surface area contributed by atoms with Gasteiger partial charge < -0.3 is 4.74 Å². The van der Waals surface area contributed by atoms with Crippen LogP contribution in [0.25, 0.3) is 5.57 Å². The summed E-state index contributed by atoms with van der Waals surface area (Å²) in [5.41, 5.74) is 6.22. The maximum Gasteiger partial charge on any atom is 0.123 e. The van der Waals surface area contributed by atoms with Gasteiger partial charge in [0.15, 0.2) is 0 Å². The molecule has 2 aliphatic rings. The summed E-state index contributed by atoms with van der Waals surface area (Å²) in [6, 6.07) is 0. The third kappa shape index (κ3) is 2.71. The van der Waals surface area contributed by atoms with E-state index in [0.29, 0.717) is 6.61 Å². The van der Waals surface area contributed by atoms with Crippen LogP contribution in [0.4, 0.5) is 0 Å². The Morgan fingerprint density at radius 3 is 3.00 bits per heavy atom. The average molecular weight is 283 g/mol. The minimum absolute atomic E-state index is 0.676. The molecule has 4 heteroatoms. The molecule has 0 radical (unpaired) electrons. The van der Waals surface area contributed by atoms with Gasteiger partial charge in [-0.15, -0.1) is 0 Å². The van der Waals surface area contributed by atoms with Crippen molar-refractivity contribution in [3.8, 4) is 0 Å². The first kappa shape index (κ1) is 13.9. The van der Waals surface area contributed by atoms with E-state index in [2.05, 4.69) is 34.9 Å². The van der Waals surface area contributed by atoms with Crippen LogP contribution < -0.4 is 0 Å². The molecule has 0 saturated heterocycles. The van der Waals surface area contributed by atoms with Gasteiger partial charge in [0, 0.05) is 23.9 Å². The minimum Gasteiger partial charge on any atom is -0.493 e. The largest absolute Gasteiger partial charge is 0.493 e. The molecule has 0 bridgehead atoms. The van der Waals surface area contributed by atoms with Crippen molar-refractivity contribution in [2.75, 3.05) is 6.61 Å². The Kier molecular flexibility index (Phi) is 4.04. The molecule has 0 saturated carbocycles. The summed E-state index contributed by atoms with van der Waals surface area (Å²) < 4.78 is 5.99. The van der Waals surface area contributed by atoms with Gasteiger partial charge in [-0.25, -0.2) is 0 Å². The van der Waals surface area contributed by atoms with Crippen molar-refractivity contribution in [3.63, 3.8) is 0 Å². The van der Waals surface area contributed by atoms with Gasteiger partial charge in [-0.3, -0.25) is 10.1 Å². The molecule has 0 aromatic carbocycles. The van der Waals surface area contributed by atoms with Crippen LogP contribution in [0.5, 0.6) is 0 Å². The summed E-state index contributed by atoms with van der Waals surface area (Å²) in [6.07, 6.45) is 11.0. The van der Waals surface area contributed by atoms with Crippen molar-refractivity contribution in [2.45, 2.75) is 39.0 Å². The summed E-state index contributed by atoms with van der Waals surface area (Å²) in [5.74, 6) is 1.01. The van der Waals surface area contributed by atoms with Gasteiger partial charge in [0.2, 0.25) is 0 Å². The second-order valence-corrected chi connectivity index (χ2v) is 5.43. The lowest BCUT2D eigenvalue weighted by molar-refractivity contribution is 0.227. The lowest BCUT2D eigenvalue weighted by Crippen LogP contribution is -2.03. The Morgan fingerprint density at radius 1 is 1.38 bits per heavy atom. The molecular weight excluding hydrogens is 262 g/mol. The Labute approximate surface area is 125 Å². The Balaban J connectivity index is 2.02. The van der Waals surface area contributed by atoms with E-state index in [-0.39, 0.29) is 0 Å². The fourth-order valence-corrected chi connectivity index (χ4v) is 3.09. The maximum atomic E-state index is 5.99. The first-order chi connectivity index (χ1) is 10.3. The third-order valence-electron chi connectivity index (χ3n) is 4.12. The minimum atomic E-state index is 0.676. The van der Waals surface area contributed by atoms with E-state index in [4.69, 9.17) is 4.74 Å². The quantitative estimate of drug-likeness (QED) is 0.849. The molecular formula is C17H21N3O. The number of hydrogen-bond donors (Lipinski definition) is 1. The second-order valence-electron chi connectivity index (χ2n) is 5.43. The highest BCUT2D eigenvalue weighted by Gasteiger charge is 2.23. The summed E-state index contributed by atoms with van der Waals surface area (Å²) in [5, 5.41) is 6.91. The lowest BCUT2D eigenvalue weighted by Gasteiger charge is -2.20. The molecule has 1 N–H and O–H groups in total. The smallest absolute Gasteiger partial charge is 0.123 e. The molecule has 1 aromatic heterocycles. The fraction of sp³-hybridized carbons (Fsp3) is 0.412. The van der Waals surface area contributed by atoms with Crippen molar-refractivity contribution < 1.29 is 4.74 Å². The van der Waals surface area contributed by atoms with Gasteiger partial charge in [-0.2, -0.15) is 5.10 Å². The molecule has 0 unspecified atom stereocenters. The molecule has 0 atom stereocenters. The highest BCUT2D eigenvalue weighted by Crippen LogP contribution is 2.39. The molecule has 110 valence electrons. The molecule has 0 amide bonds. The van der Waals surface area contributed by atoms with Crippen molar-refractivity contribution in [2.24, 2.45) is 4.99 Å². The Morgan fingerprint density at radius 2 is 2.29 bits per heavy atom. The molecule has 21 heavy (non-hydrogen) atoms. The zero-order chi connectivity index (χ0) is 14.7. The van der Waals surface area contributed by atoms with Crippen LogP contribution in [0.1, 0.15) is 44.6 Å². The van der Waals surface area contributed by atoms with Gasteiger partial charge in [-0.1, -0.05) is 13.3 Å². The van der Waals surface area contributed by atoms with Crippen LogP contribution in [-0.4, -0.2) is 23.5 Å². The van der Waals surface area contributed by atoms with Crippen LogP contribution in [0, 0.1) is 0 Å². The van der Waals surface area contributed by atoms with Gasteiger partial charge in [0.25, 0.3) is 0 Å². The van der Waals surface area contributed by atoms with Crippen molar-refractivity contribution in [1.82, 2.24) is 10.2 Å². The molecule has 0 fully saturated rings. The number of aliphatic imine (C=N–C) groups is 1. The Bertz CT molecular complexity index is 620. The first-order valence-electron chi connectivity index (χ1n) is 7.58. The Hall–Kier alpha value is -2.10. The number of aromatic amines is 1. The summed E-state index contributed by atoms with van der Waals surface area (Å²) in [4.78, 5) is 4.25. The highest BCUT2D eigenvalue weighted by atomic mass is 16.5. The molecule has 3 rings (SSSR count). The molecule has 1 aliphatic heterocycles. The van der Waals surface area contributed by atoms with Crippen LogP contribution in [0.3, 0.4) is 0 Å². The molecule has 1 aromatic rings. The van der Waals surface area contributed by atoms with Crippen LogP contribution in [-0.2, 0) is 4.74 Å². The number of nitrogens with zero attached hydrogens (tertiary/aromatic N) is 2. The summed E-state index contributed by atoms with van der Waals surface area (Å²) in [7, 11) is 0. The van der Waals surface area contributed by atoms with Gasteiger partial charge in [0.1, 0.15) is 5.76 Å². The standard InChI is InChI=1S/C17H21N3O/c1-3-4-14-15-6-5-12(13-10-19-20-11-13)9-17(15)21-8-7-16(14)18-2/h9-11H,2-8H2,1H3,(H,19,20). The van der Waals surface area contributed by atoms with Crippen LogP contribution in [0.2, 0.25) is 0 Å². The predicted octanol–water partition coefficient (Wildman–Crippen LogP) is 4.02. The summed E-state index contributed by atoms with van der Waals surface area (Å²) in [6.45, 7) is 6.62. The summed E-state index contributed by atoms with van der Waals surface area (Å²) >= 11 is 0. The van der Waals surface area contributed by atoms with Gasteiger partial charge in [0.05, 0.1) is 12.8 Å². The zero-order valence-corrected chi connectivity index (χ0v) is 12.5. The average Bonchev–Trinajstić information content (AvgIpc) is 2.98. The van der Waals surface area contributed by atoms with Crippen molar-refractivity contribution >= 4 is 12.3 Å². The topological polar surface area (TPSA) is 50.3 Å². The van der Waals surface area contributed by atoms with Crippen LogP contribution in [0.15, 0.2) is 46.1 Å². The van der Waals surface area contributed by atoms with Crippen LogP contribution >= 0.6 is 0 Å². The SMILES string of the molecule is C=NC1=C(CCC)C2=C(C=C(c3cn[nH]c3)CC2)OCC1. The van der Waals surface area contributed by atoms with E-state index in [9.17, 15) is 0 Å². The number of nitrogens with one attached hydrogen (secondary N) is 1. The van der Waals surface area contributed by atoms with Gasteiger partial charge in [-0.05, 0) is 48.8 Å². The number of H-pyrrole nitrogens is 1. The van der Waals surface area contributed by atoms with E-state index < -0.39 is 0 Å². The van der Waals surface area contributed by atoms with Crippen molar-refractivity contribution in [3.05, 3.63) is 46.6 Å². The number of ether oxygens (including phenoxy) is 1. The molecule has 1 aliphatic carbocycles. The van der Waals surface area contributed by atoms with E-state index in [1.165, 1.54) is 16.7 Å². The van der Waals surface area contributed by atoms with E-state index >= 15 is 0 Å². The number of allylic oxidation sites excluding steroid dienone is 4. The second kappa shape index (κ2) is 6.12.